The summed E-state index contributed by atoms with van der Waals surface area (Å²) in [6.45, 7) is 11.0. The molecule has 0 aromatic heterocycles. The highest BCUT2D eigenvalue weighted by Gasteiger charge is 1.86. The molecule has 0 heterocycles. The van der Waals surface area contributed by atoms with Gasteiger partial charge in [-0.1, -0.05) is 34.6 Å². The summed E-state index contributed by atoms with van der Waals surface area (Å²) in [6, 6.07) is 0. The number of aliphatic hydroxyl groups excluding tert-OH is 3. The van der Waals surface area contributed by atoms with Gasteiger partial charge in [-0.2, -0.15) is 0 Å². The summed E-state index contributed by atoms with van der Waals surface area (Å²) < 4.78 is 0. The first kappa shape index (κ1) is 20.3. The Kier molecular flexibility index (Phi) is 26.3. The van der Waals surface area contributed by atoms with Gasteiger partial charge in [-0.3, -0.25) is 0 Å². The van der Waals surface area contributed by atoms with Crippen molar-refractivity contribution in [3.8, 4) is 0 Å². The third kappa shape index (κ3) is 56.7. The summed E-state index contributed by atoms with van der Waals surface area (Å²) in [5.41, 5.74) is 0. The van der Waals surface area contributed by atoms with E-state index < -0.39 is 0 Å². The minimum absolute atomic E-state index is 0.306. The Morgan fingerprint density at radius 2 is 1.13 bits per heavy atom. The third-order valence-corrected chi connectivity index (χ3v) is 1.30. The Balaban J connectivity index is -0.000000147. The highest BCUT2D eigenvalue weighted by molar-refractivity contribution is 4.38. The molecule has 3 heteroatoms. The molecule has 0 rings (SSSR count). The fraction of sp³-hybridized carbons (Fsp3) is 1.00. The van der Waals surface area contributed by atoms with Crippen LogP contribution in [0.2, 0.25) is 0 Å². The predicted octanol–water partition coefficient (Wildman–Crippen LogP) is 2.05. The molecule has 0 saturated heterocycles. The average Bonchev–Trinajstić information content (AvgIpc) is 2.19. The second kappa shape index (κ2) is 19.5. The molecule has 3 N–H and O–H groups in total. The van der Waals surface area contributed by atoms with Gasteiger partial charge < -0.3 is 15.3 Å². The molecule has 15 heavy (non-hydrogen) atoms. The van der Waals surface area contributed by atoms with Crippen LogP contribution in [0.1, 0.15) is 47.5 Å². The summed E-state index contributed by atoms with van der Waals surface area (Å²) in [4.78, 5) is 0. The first-order chi connectivity index (χ1) is 6.95. The van der Waals surface area contributed by atoms with E-state index in [4.69, 9.17) is 15.3 Å². The van der Waals surface area contributed by atoms with Crippen molar-refractivity contribution in [1.82, 2.24) is 0 Å². The Labute approximate surface area is 95.1 Å². The van der Waals surface area contributed by atoms with E-state index in [-0.39, 0.29) is 0 Å². The quantitative estimate of drug-likeness (QED) is 0.682. The highest BCUT2D eigenvalue weighted by atomic mass is 16.3. The third-order valence-electron chi connectivity index (χ3n) is 1.30. The van der Waals surface area contributed by atoms with Crippen molar-refractivity contribution in [2.24, 2.45) is 11.8 Å². The smallest absolute Gasteiger partial charge is 0.0453 e. The molecule has 0 aromatic carbocycles. The molecule has 96 valence electrons. The van der Waals surface area contributed by atoms with Crippen LogP contribution in [0.15, 0.2) is 0 Å². The van der Waals surface area contributed by atoms with E-state index in [2.05, 4.69) is 13.8 Å². The fourth-order valence-electron chi connectivity index (χ4n) is 0.258. The first-order valence-electron chi connectivity index (χ1n) is 5.78. The number of hydrogen-bond acceptors (Lipinski definition) is 3. The van der Waals surface area contributed by atoms with Gasteiger partial charge in [0.15, 0.2) is 0 Å². The van der Waals surface area contributed by atoms with Crippen LogP contribution in [-0.4, -0.2) is 35.1 Å². The normalized spacial score (nSPS) is 9.20. The van der Waals surface area contributed by atoms with Crippen molar-refractivity contribution in [3.63, 3.8) is 0 Å². The Morgan fingerprint density at radius 3 is 1.13 bits per heavy atom. The molecule has 0 aliphatic heterocycles. The van der Waals surface area contributed by atoms with Crippen LogP contribution in [0.3, 0.4) is 0 Å². The second-order valence-electron chi connectivity index (χ2n) is 4.21. The summed E-state index contributed by atoms with van der Waals surface area (Å²) >= 11 is 0. The highest BCUT2D eigenvalue weighted by Crippen LogP contribution is 1.94. The molecule has 0 unspecified atom stereocenters. The molecule has 0 saturated carbocycles. The SMILES string of the molecule is CC(C)CCO.CC(C)CO.CCCO. The van der Waals surface area contributed by atoms with Crippen molar-refractivity contribution in [2.45, 2.75) is 47.5 Å². The summed E-state index contributed by atoms with van der Waals surface area (Å²) in [5.74, 6) is 1.09. The maximum atomic E-state index is 8.24. The van der Waals surface area contributed by atoms with Crippen LogP contribution in [0.5, 0.6) is 0 Å². The standard InChI is InChI=1S/C5H12O.C4H10O.C3H8O/c1-5(2)3-4-6;1-4(2)3-5;1-2-3-4/h5-6H,3-4H2,1-2H3;4-5H,3H2,1-2H3;4H,2-3H2,1H3. The van der Waals surface area contributed by atoms with Gasteiger partial charge in [0.2, 0.25) is 0 Å². The second-order valence-corrected chi connectivity index (χ2v) is 4.21. The summed E-state index contributed by atoms with van der Waals surface area (Å²) in [6.07, 6.45) is 1.81. The van der Waals surface area contributed by atoms with Crippen molar-refractivity contribution >= 4 is 0 Å². The Bertz CT molecular complexity index is 80.9. The lowest BCUT2D eigenvalue weighted by Gasteiger charge is -1.95. The fourth-order valence-corrected chi connectivity index (χ4v) is 0.258. The molecule has 0 fully saturated rings. The van der Waals surface area contributed by atoms with Crippen LogP contribution in [0, 0.1) is 11.8 Å². The molecule has 3 nitrogen and oxygen atoms in total. The van der Waals surface area contributed by atoms with Gasteiger partial charge >= 0.3 is 0 Å². The average molecular weight is 222 g/mol. The van der Waals surface area contributed by atoms with E-state index in [0.717, 1.165) is 12.8 Å². The topological polar surface area (TPSA) is 60.7 Å². The van der Waals surface area contributed by atoms with Crippen LogP contribution >= 0.6 is 0 Å². The van der Waals surface area contributed by atoms with Crippen molar-refractivity contribution in [2.75, 3.05) is 19.8 Å². The van der Waals surface area contributed by atoms with Crippen LogP contribution in [0.25, 0.3) is 0 Å². The van der Waals surface area contributed by atoms with Crippen molar-refractivity contribution < 1.29 is 15.3 Å². The minimum Gasteiger partial charge on any atom is -0.396 e. The van der Waals surface area contributed by atoms with Gasteiger partial charge in [-0.05, 0) is 24.7 Å². The van der Waals surface area contributed by atoms with Crippen LogP contribution in [-0.2, 0) is 0 Å². The monoisotopic (exact) mass is 222 g/mol. The molecule has 0 atom stereocenters. The van der Waals surface area contributed by atoms with Gasteiger partial charge in [0, 0.05) is 19.8 Å². The maximum absolute atomic E-state index is 8.24. The van der Waals surface area contributed by atoms with Crippen LogP contribution in [0.4, 0.5) is 0 Å². The van der Waals surface area contributed by atoms with E-state index in [0.29, 0.717) is 31.7 Å². The molecular formula is C12H30O3. The zero-order chi connectivity index (χ0) is 12.7. The van der Waals surface area contributed by atoms with Crippen molar-refractivity contribution in [3.05, 3.63) is 0 Å². The van der Waals surface area contributed by atoms with Gasteiger partial charge in [0.05, 0.1) is 0 Å². The summed E-state index contributed by atoms with van der Waals surface area (Å²) in [5, 5.41) is 24.3. The van der Waals surface area contributed by atoms with Gasteiger partial charge in [0.1, 0.15) is 0 Å². The molecule has 0 spiro atoms. The predicted molar refractivity (Wildman–Crippen MR) is 65.8 cm³/mol. The van der Waals surface area contributed by atoms with Gasteiger partial charge in [-0.25, -0.2) is 0 Å². The molecular weight excluding hydrogens is 192 g/mol. The van der Waals surface area contributed by atoms with E-state index in [9.17, 15) is 0 Å². The van der Waals surface area contributed by atoms with Gasteiger partial charge in [0.25, 0.3) is 0 Å². The largest absolute Gasteiger partial charge is 0.396 e. The molecule has 0 radical (unpaired) electrons. The number of hydrogen-bond donors (Lipinski definition) is 3. The zero-order valence-electron chi connectivity index (χ0n) is 11.0. The Hall–Kier alpha value is -0.120. The van der Waals surface area contributed by atoms with Crippen LogP contribution < -0.4 is 0 Å². The van der Waals surface area contributed by atoms with Crippen molar-refractivity contribution in [1.29, 1.82) is 0 Å². The maximum Gasteiger partial charge on any atom is 0.0453 e. The lowest BCUT2D eigenvalue weighted by molar-refractivity contribution is 0.248. The number of aliphatic hydroxyl groups is 3. The van der Waals surface area contributed by atoms with E-state index in [1.54, 1.807) is 0 Å². The van der Waals surface area contributed by atoms with E-state index in [1.165, 1.54) is 0 Å². The lowest BCUT2D eigenvalue weighted by atomic mass is 10.2. The van der Waals surface area contributed by atoms with Gasteiger partial charge in [-0.15, -0.1) is 0 Å². The number of rotatable bonds is 4. The zero-order valence-corrected chi connectivity index (χ0v) is 11.0. The lowest BCUT2D eigenvalue weighted by Crippen LogP contribution is -1.90. The molecule has 0 aromatic rings. The first-order valence-corrected chi connectivity index (χ1v) is 5.78. The molecule has 0 bridgehead atoms. The molecule has 0 amide bonds. The molecule has 0 aliphatic rings. The Morgan fingerprint density at radius 1 is 0.800 bits per heavy atom. The molecule has 0 aliphatic carbocycles. The van der Waals surface area contributed by atoms with E-state index >= 15 is 0 Å². The van der Waals surface area contributed by atoms with E-state index in [1.807, 2.05) is 20.8 Å². The summed E-state index contributed by atoms with van der Waals surface area (Å²) in [7, 11) is 0. The minimum atomic E-state index is 0.306.